The quantitative estimate of drug-likeness (QED) is 0.140. The summed E-state index contributed by atoms with van der Waals surface area (Å²) in [6.07, 6.45) is 9.05. The summed E-state index contributed by atoms with van der Waals surface area (Å²) in [7, 11) is 0. The molecule has 0 saturated heterocycles. The van der Waals surface area contributed by atoms with Crippen LogP contribution < -0.4 is 0 Å². The molecule has 0 aromatic carbocycles. The molecule has 28 heavy (non-hydrogen) atoms. The first-order valence-electron chi connectivity index (χ1n) is 11.1. The van der Waals surface area contributed by atoms with E-state index in [2.05, 4.69) is 27.4 Å². The van der Waals surface area contributed by atoms with E-state index >= 15 is 0 Å². The third kappa shape index (κ3) is 10.1. The topological polar surface area (TPSA) is 52.6 Å². The second-order valence-electron chi connectivity index (χ2n) is 7.51. The monoisotopic (exact) mass is 502 g/mol. The van der Waals surface area contributed by atoms with Crippen LogP contribution in [0.4, 0.5) is 0 Å². The number of allylic oxidation sites excluding steroid dienone is 1. The van der Waals surface area contributed by atoms with Crippen molar-refractivity contribution < 1.29 is 19.1 Å². The molecule has 0 N–H and O–H groups in total. The number of rotatable bonds is 16. The third-order valence-corrected chi connectivity index (χ3v) is 21.3. The van der Waals surface area contributed by atoms with E-state index < -0.39 is 30.3 Å². The number of hydrogen-bond donors (Lipinski definition) is 0. The molecule has 0 atom stereocenters. The Bertz CT molecular complexity index is 489. The van der Waals surface area contributed by atoms with Gasteiger partial charge in [-0.3, -0.25) is 0 Å². The van der Waals surface area contributed by atoms with Crippen LogP contribution in [0.5, 0.6) is 0 Å². The van der Waals surface area contributed by atoms with Gasteiger partial charge in [0.1, 0.15) is 0 Å². The SMILES string of the molecule is C=[C](C/C(=C/C(=O)OCC)C(=O)OCC)[Sn]([CH2]CCC)([CH2]CCC)[CH2]CCC. The number of hydrogen-bond acceptors (Lipinski definition) is 4. The molecule has 0 aliphatic carbocycles. The fraction of sp³-hybridized carbons (Fsp3) is 0.739. The zero-order valence-electron chi connectivity index (χ0n) is 18.9. The van der Waals surface area contributed by atoms with Crippen molar-refractivity contribution in [2.75, 3.05) is 13.2 Å². The Balaban J connectivity index is 5.72. The van der Waals surface area contributed by atoms with E-state index in [1.807, 2.05) is 0 Å². The van der Waals surface area contributed by atoms with Crippen LogP contribution in [0, 0.1) is 0 Å². The zero-order valence-corrected chi connectivity index (χ0v) is 21.8. The van der Waals surface area contributed by atoms with E-state index in [1.165, 1.54) is 61.5 Å². The van der Waals surface area contributed by atoms with Gasteiger partial charge in [-0.25, -0.2) is 0 Å². The maximum atomic E-state index is 12.5. The molecule has 0 radical (unpaired) electrons. The van der Waals surface area contributed by atoms with E-state index in [-0.39, 0.29) is 0 Å². The molecule has 0 aromatic heterocycles. The van der Waals surface area contributed by atoms with Crippen molar-refractivity contribution in [3.63, 3.8) is 0 Å². The minimum absolute atomic E-state index is 0.291. The summed E-state index contributed by atoms with van der Waals surface area (Å²) in [6, 6.07) is 0. The number of esters is 2. The Morgan fingerprint density at radius 1 is 0.821 bits per heavy atom. The molecule has 0 bridgehead atoms. The molecule has 5 heteroatoms. The summed E-state index contributed by atoms with van der Waals surface area (Å²) >= 11 is -2.67. The van der Waals surface area contributed by atoms with E-state index in [4.69, 9.17) is 9.47 Å². The second kappa shape index (κ2) is 16.1. The van der Waals surface area contributed by atoms with Gasteiger partial charge < -0.3 is 0 Å². The predicted molar refractivity (Wildman–Crippen MR) is 120 cm³/mol. The van der Waals surface area contributed by atoms with Crippen molar-refractivity contribution in [2.45, 2.75) is 92.9 Å². The average molecular weight is 501 g/mol. The fourth-order valence-corrected chi connectivity index (χ4v) is 19.2. The van der Waals surface area contributed by atoms with Gasteiger partial charge in [-0.2, -0.15) is 0 Å². The molecule has 0 fully saturated rings. The van der Waals surface area contributed by atoms with Gasteiger partial charge in [-0.15, -0.1) is 0 Å². The number of carbonyl (C=O) groups is 2. The van der Waals surface area contributed by atoms with Gasteiger partial charge in [-0.1, -0.05) is 0 Å². The van der Waals surface area contributed by atoms with Crippen LogP contribution in [-0.2, 0) is 19.1 Å². The van der Waals surface area contributed by atoms with E-state index in [1.54, 1.807) is 13.8 Å². The summed E-state index contributed by atoms with van der Waals surface area (Å²) in [5.41, 5.74) is 0.399. The van der Waals surface area contributed by atoms with E-state index in [0.717, 1.165) is 0 Å². The number of carbonyl (C=O) groups excluding carboxylic acids is 2. The molecule has 0 saturated carbocycles. The Hall–Kier alpha value is -0.781. The first-order chi connectivity index (χ1) is 13.4. The van der Waals surface area contributed by atoms with Gasteiger partial charge in [0.15, 0.2) is 0 Å². The van der Waals surface area contributed by atoms with Crippen molar-refractivity contribution >= 4 is 30.3 Å². The molecule has 0 unspecified atom stereocenters. The Kier molecular flexibility index (Phi) is 15.6. The molecule has 0 rings (SSSR count). The predicted octanol–water partition coefficient (Wildman–Crippen LogP) is 6.37. The maximum absolute atomic E-state index is 12.5. The molecule has 0 aliphatic rings. The molecule has 162 valence electrons. The van der Waals surface area contributed by atoms with Crippen LogP contribution >= 0.6 is 0 Å². The van der Waals surface area contributed by atoms with Gasteiger partial charge in [0.05, 0.1) is 0 Å². The summed E-state index contributed by atoms with van der Waals surface area (Å²) in [6.45, 7) is 15.4. The molecule has 0 heterocycles. The number of ether oxygens (including phenoxy) is 2. The van der Waals surface area contributed by atoms with Crippen molar-refractivity contribution in [3.8, 4) is 0 Å². The van der Waals surface area contributed by atoms with Crippen LogP contribution in [-0.4, -0.2) is 43.5 Å². The standard InChI is InChI=1S/C11H15O4.3C4H9.Sn/c1-4-7-9(11(13)15-6-3)8-10(12)14-5-2;3*1-3-4-2;/h8H,1,5-7H2,2-3H3;3*1,3-4H2,2H3;/b9-8-;;;;. The van der Waals surface area contributed by atoms with Gasteiger partial charge in [0, 0.05) is 0 Å². The van der Waals surface area contributed by atoms with Crippen molar-refractivity contribution in [1.82, 2.24) is 0 Å². The Morgan fingerprint density at radius 2 is 1.29 bits per heavy atom. The molecule has 0 aromatic rings. The average Bonchev–Trinajstić information content (AvgIpc) is 2.67. The van der Waals surface area contributed by atoms with Gasteiger partial charge >= 0.3 is 177 Å². The summed E-state index contributed by atoms with van der Waals surface area (Å²) in [4.78, 5) is 24.5. The van der Waals surface area contributed by atoms with Crippen LogP contribution in [0.3, 0.4) is 0 Å². The molecule has 0 aliphatic heterocycles. The Labute approximate surface area is 177 Å². The minimum atomic E-state index is -2.67. The first-order valence-corrected chi connectivity index (χ1v) is 18.6. The fourth-order valence-electron chi connectivity index (χ4n) is 3.60. The molecule has 0 spiro atoms. The van der Waals surface area contributed by atoms with Gasteiger partial charge in [-0.05, 0) is 0 Å². The van der Waals surface area contributed by atoms with Crippen molar-refractivity contribution in [1.29, 1.82) is 0 Å². The summed E-state index contributed by atoms with van der Waals surface area (Å²) in [5.74, 6) is -0.895. The molecular formula is C23H42O4Sn. The van der Waals surface area contributed by atoms with E-state index in [0.29, 0.717) is 25.2 Å². The van der Waals surface area contributed by atoms with Crippen LogP contribution in [0.25, 0.3) is 0 Å². The third-order valence-electron chi connectivity index (χ3n) is 5.30. The van der Waals surface area contributed by atoms with Crippen LogP contribution in [0.1, 0.15) is 79.6 Å². The van der Waals surface area contributed by atoms with Crippen LogP contribution in [0.2, 0.25) is 13.3 Å². The van der Waals surface area contributed by atoms with Crippen molar-refractivity contribution in [3.05, 3.63) is 21.8 Å². The first kappa shape index (κ1) is 27.2. The molecule has 4 nitrogen and oxygen atoms in total. The summed E-state index contributed by atoms with van der Waals surface area (Å²) < 4.78 is 15.4. The second-order valence-corrected chi connectivity index (χ2v) is 21.1. The molecule has 0 amide bonds. The zero-order chi connectivity index (χ0) is 21.4. The Morgan fingerprint density at radius 3 is 1.68 bits per heavy atom. The normalized spacial score (nSPS) is 12.0. The van der Waals surface area contributed by atoms with Gasteiger partial charge in [0.25, 0.3) is 0 Å². The molecular weight excluding hydrogens is 459 g/mol. The number of unbranched alkanes of at least 4 members (excludes halogenated alkanes) is 3. The van der Waals surface area contributed by atoms with Gasteiger partial charge in [0.2, 0.25) is 0 Å². The van der Waals surface area contributed by atoms with E-state index in [9.17, 15) is 9.59 Å². The van der Waals surface area contributed by atoms with Crippen LogP contribution in [0.15, 0.2) is 21.8 Å². The van der Waals surface area contributed by atoms with Crippen molar-refractivity contribution in [2.24, 2.45) is 0 Å². The summed E-state index contributed by atoms with van der Waals surface area (Å²) in [5, 5.41) is 0.